The molecule has 28 heavy (non-hydrogen) atoms. The maximum atomic E-state index is 13.4. The fourth-order valence-electron chi connectivity index (χ4n) is 4.27. The summed E-state index contributed by atoms with van der Waals surface area (Å²) in [6.45, 7) is 2.67. The third kappa shape index (κ3) is 4.82. The van der Waals surface area contributed by atoms with Crippen LogP contribution in [0.1, 0.15) is 49.4 Å². The first-order chi connectivity index (χ1) is 13.3. The van der Waals surface area contributed by atoms with Crippen LogP contribution >= 0.6 is 0 Å². The van der Waals surface area contributed by atoms with Crippen LogP contribution in [0.5, 0.6) is 5.75 Å². The molecule has 1 heterocycles. The van der Waals surface area contributed by atoms with Crippen molar-refractivity contribution >= 4 is 11.8 Å². The highest BCUT2D eigenvalue weighted by molar-refractivity contribution is 5.92. The van der Waals surface area contributed by atoms with Crippen molar-refractivity contribution < 1.29 is 18.7 Å². The number of hydrogen-bond acceptors (Lipinski definition) is 4. The second-order valence-electron chi connectivity index (χ2n) is 8.10. The van der Waals surface area contributed by atoms with E-state index in [9.17, 15) is 14.0 Å². The molecule has 3 rings (SSSR count). The third-order valence-electron chi connectivity index (χ3n) is 6.20. The first-order valence-corrected chi connectivity index (χ1v) is 10.1. The molecular formula is C21H30FN3O3. The first-order valence-electron chi connectivity index (χ1n) is 10.1. The van der Waals surface area contributed by atoms with Crippen molar-refractivity contribution in [2.24, 2.45) is 23.3 Å². The van der Waals surface area contributed by atoms with Gasteiger partial charge in [-0.2, -0.15) is 0 Å². The average molecular weight is 391 g/mol. The summed E-state index contributed by atoms with van der Waals surface area (Å²) >= 11 is 0. The molecule has 0 spiro atoms. The summed E-state index contributed by atoms with van der Waals surface area (Å²) in [4.78, 5) is 25.2. The van der Waals surface area contributed by atoms with Gasteiger partial charge in [0.15, 0.2) is 0 Å². The molecule has 6 nitrogen and oxygen atoms in total. The molecule has 0 aromatic heterocycles. The van der Waals surface area contributed by atoms with Crippen LogP contribution in [-0.4, -0.2) is 48.1 Å². The number of rotatable bonds is 6. The summed E-state index contributed by atoms with van der Waals surface area (Å²) in [6, 6.07) is 6.27. The standard InChI is InChI=1S/C21H30FN3O3/c1-13(19(23)21(27)25-11-10-16(22)12-25)14-2-6-17(7-3-14)28-18-8-4-15(5-9-18)20(24)26/h4-5,8-9,13-14,16-17,19H,2-3,6-7,10-12,23H2,1H3,(H2,24,26). The van der Waals surface area contributed by atoms with E-state index >= 15 is 0 Å². The van der Waals surface area contributed by atoms with Gasteiger partial charge in [-0.25, -0.2) is 4.39 Å². The number of nitrogens with zero attached hydrogens (tertiary/aromatic N) is 1. The summed E-state index contributed by atoms with van der Waals surface area (Å²) in [6.07, 6.45) is 3.27. The molecule has 0 bridgehead atoms. The van der Waals surface area contributed by atoms with Crippen molar-refractivity contribution in [3.8, 4) is 5.75 Å². The van der Waals surface area contributed by atoms with Crippen LogP contribution in [0, 0.1) is 11.8 Å². The predicted octanol–water partition coefficient (Wildman–Crippen LogP) is 2.26. The fourth-order valence-corrected chi connectivity index (χ4v) is 4.27. The summed E-state index contributed by atoms with van der Waals surface area (Å²) < 4.78 is 19.4. The van der Waals surface area contributed by atoms with Crippen molar-refractivity contribution in [3.63, 3.8) is 0 Å². The maximum Gasteiger partial charge on any atom is 0.248 e. The molecule has 1 aromatic carbocycles. The summed E-state index contributed by atoms with van der Waals surface area (Å²) in [5.41, 5.74) is 11.9. The zero-order chi connectivity index (χ0) is 20.3. The van der Waals surface area contributed by atoms with Crippen molar-refractivity contribution in [1.29, 1.82) is 0 Å². The maximum absolute atomic E-state index is 13.4. The Bertz CT molecular complexity index is 689. The van der Waals surface area contributed by atoms with E-state index in [0.717, 1.165) is 31.4 Å². The zero-order valence-corrected chi connectivity index (χ0v) is 16.4. The Morgan fingerprint density at radius 3 is 2.32 bits per heavy atom. The number of carbonyl (C=O) groups excluding carboxylic acids is 2. The zero-order valence-electron chi connectivity index (χ0n) is 16.4. The van der Waals surface area contributed by atoms with Gasteiger partial charge < -0.3 is 21.1 Å². The van der Waals surface area contributed by atoms with E-state index in [1.165, 1.54) is 0 Å². The molecule has 3 unspecified atom stereocenters. The van der Waals surface area contributed by atoms with E-state index in [0.29, 0.717) is 24.4 Å². The minimum atomic E-state index is -0.920. The Labute approximate surface area is 165 Å². The Morgan fingerprint density at radius 2 is 1.79 bits per heavy atom. The van der Waals surface area contributed by atoms with Crippen molar-refractivity contribution in [1.82, 2.24) is 4.90 Å². The number of alkyl halides is 1. The highest BCUT2D eigenvalue weighted by Gasteiger charge is 2.36. The predicted molar refractivity (Wildman–Crippen MR) is 105 cm³/mol. The van der Waals surface area contributed by atoms with E-state index in [2.05, 4.69) is 0 Å². The normalized spacial score (nSPS) is 27.2. The molecule has 154 valence electrons. The average Bonchev–Trinajstić information content (AvgIpc) is 3.13. The summed E-state index contributed by atoms with van der Waals surface area (Å²) in [5, 5.41) is 0. The summed E-state index contributed by atoms with van der Waals surface area (Å²) in [7, 11) is 0. The number of ether oxygens (including phenoxy) is 1. The number of nitrogens with two attached hydrogens (primary N) is 2. The van der Waals surface area contributed by atoms with Gasteiger partial charge in [0.25, 0.3) is 0 Å². The van der Waals surface area contributed by atoms with Crippen LogP contribution in [0.4, 0.5) is 4.39 Å². The molecule has 1 saturated carbocycles. The number of amides is 2. The van der Waals surface area contributed by atoms with Crippen molar-refractivity contribution in [3.05, 3.63) is 29.8 Å². The van der Waals surface area contributed by atoms with Gasteiger partial charge in [0.2, 0.25) is 11.8 Å². The van der Waals surface area contributed by atoms with E-state index in [4.69, 9.17) is 16.2 Å². The van der Waals surface area contributed by atoms with Gasteiger partial charge in [0.05, 0.1) is 18.7 Å². The molecule has 2 aliphatic rings. The van der Waals surface area contributed by atoms with Crippen molar-refractivity contribution in [2.75, 3.05) is 13.1 Å². The molecule has 2 fully saturated rings. The van der Waals surface area contributed by atoms with Crippen molar-refractivity contribution in [2.45, 2.75) is 57.3 Å². The lowest BCUT2D eigenvalue weighted by Gasteiger charge is -2.35. The highest BCUT2D eigenvalue weighted by atomic mass is 19.1. The van der Waals surface area contributed by atoms with Crippen LogP contribution in [0.15, 0.2) is 24.3 Å². The van der Waals surface area contributed by atoms with Gasteiger partial charge >= 0.3 is 0 Å². The smallest absolute Gasteiger partial charge is 0.248 e. The number of benzene rings is 1. The minimum Gasteiger partial charge on any atom is -0.490 e. The first kappa shape index (κ1) is 20.6. The van der Waals surface area contributed by atoms with E-state index < -0.39 is 18.1 Å². The van der Waals surface area contributed by atoms with Gasteiger partial charge in [0.1, 0.15) is 11.9 Å². The molecule has 4 N–H and O–H groups in total. The van der Waals surface area contributed by atoms with Crippen LogP contribution in [0.3, 0.4) is 0 Å². The Morgan fingerprint density at radius 1 is 1.14 bits per heavy atom. The monoisotopic (exact) mass is 391 g/mol. The van der Waals surface area contributed by atoms with Crippen LogP contribution in [-0.2, 0) is 4.79 Å². The topological polar surface area (TPSA) is 98.6 Å². The highest BCUT2D eigenvalue weighted by Crippen LogP contribution is 2.34. The molecule has 3 atom stereocenters. The number of primary amides is 1. The Balaban J connectivity index is 1.47. The lowest BCUT2D eigenvalue weighted by molar-refractivity contribution is -0.133. The number of halogens is 1. The van der Waals surface area contributed by atoms with Crippen LogP contribution in [0.25, 0.3) is 0 Å². The largest absolute Gasteiger partial charge is 0.490 e. The lowest BCUT2D eigenvalue weighted by atomic mass is 9.76. The van der Waals surface area contributed by atoms with E-state index in [1.807, 2.05) is 6.92 Å². The molecular weight excluding hydrogens is 361 g/mol. The lowest BCUT2D eigenvalue weighted by Crippen LogP contribution is -2.48. The third-order valence-corrected chi connectivity index (χ3v) is 6.20. The number of hydrogen-bond donors (Lipinski definition) is 2. The number of carbonyl (C=O) groups is 2. The molecule has 1 saturated heterocycles. The molecule has 1 aliphatic carbocycles. The van der Waals surface area contributed by atoms with Gasteiger partial charge in [-0.15, -0.1) is 0 Å². The second-order valence-corrected chi connectivity index (χ2v) is 8.10. The van der Waals surface area contributed by atoms with E-state index in [1.54, 1.807) is 29.2 Å². The molecule has 1 aromatic rings. The molecule has 1 aliphatic heterocycles. The Kier molecular flexibility index (Phi) is 6.54. The molecule has 0 radical (unpaired) electrons. The van der Waals surface area contributed by atoms with E-state index in [-0.39, 0.29) is 24.5 Å². The SMILES string of the molecule is CC(C1CCC(Oc2ccc(C(N)=O)cc2)CC1)C(N)C(=O)N1CCC(F)C1. The van der Waals surface area contributed by atoms with Gasteiger partial charge in [-0.05, 0) is 68.2 Å². The fraction of sp³-hybridized carbons (Fsp3) is 0.619. The molecule has 7 heteroatoms. The van der Waals surface area contributed by atoms with Gasteiger partial charge in [-0.1, -0.05) is 6.92 Å². The molecule has 2 amide bonds. The second kappa shape index (κ2) is 8.90. The van der Waals surface area contributed by atoms with Gasteiger partial charge in [-0.3, -0.25) is 9.59 Å². The number of likely N-dealkylation sites (tertiary alicyclic amines) is 1. The summed E-state index contributed by atoms with van der Waals surface area (Å²) in [5.74, 6) is 0.563. The Hall–Kier alpha value is -2.15. The quantitative estimate of drug-likeness (QED) is 0.777. The van der Waals surface area contributed by atoms with Crippen LogP contribution < -0.4 is 16.2 Å². The van der Waals surface area contributed by atoms with Gasteiger partial charge in [0, 0.05) is 12.1 Å². The minimum absolute atomic E-state index is 0.0574. The van der Waals surface area contributed by atoms with Crippen LogP contribution in [0.2, 0.25) is 0 Å².